The van der Waals surface area contributed by atoms with E-state index in [-0.39, 0.29) is 18.1 Å². The molecule has 7 nitrogen and oxygen atoms in total. The normalized spacial score (nSPS) is 17.7. The molecule has 1 aliphatic rings. The smallest absolute Gasteiger partial charge is 0.243 e. The summed E-state index contributed by atoms with van der Waals surface area (Å²) in [6, 6.07) is 0. The quantitative estimate of drug-likeness (QED) is 0.388. The molecule has 1 amide bonds. The Labute approximate surface area is 139 Å². The Morgan fingerprint density at radius 3 is 2.57 bits per heavy atom. The van der Waals surface area contributed by atoms with Crippen LogP contribution in [0.15, 0.2) is 4.99 Å². The van der Waals surface area contributed by atoms with Gasteiger partial charge in [0.2, 0.25) is 5.91 Å². The van der Waals surface area contributed by atoms with E-state index in [1.807, 2.05) is 0 Å². The number of carbonyl (C=O) groups is 1. The first-order valence-corrected chi connectivity index (χ1v) is 8.38. The maximum atomic E-state index is 11.7. The van der Waals surface area contributed by atoms with Gasteiger partial charge >= 0.3 is 0 Å². The van der Waals surface area contributed by atoms with Gasteiger partial charge in [-0.25, -0.2) is 4.99 Å². The van der Waals surface area contributed by atoms with Gasteiger partial charge in [0.25, 0.3) is 0 Å². The fourth-order valence-electron chi connectivity index (χ4n) is 2.29. The third-order valence-electron chi connectivity index (χ3n) is 4.11. The van der Waals surface area contributed by atoms with E-state index in [0.717, 1.165) is 32.2 Å². The molecule has 0 spiro atoms. The monoisotopic (exact) mass is 328 g/mol. The van der Waals surface area contributed by atoms with Gasteiger partial charge in [-0.15, -0.1) is 0 Å². The van der Waals surface area contributed by atoms with Crippen molar-refractivity contribution in [3.8, 4) is 0 Å². The molecule has 0 aromatic carbocycles. The Hall–Kier alpha value is -1.34. The first-order valence-electron chi connectivity index (χ1n) is 8.38. The van der Waals surface area contributed by atoms with Gasteiger partial charge in [-0.05, 0) is 6.42 Å². The molecule has 1 rings (SSSR count). The van der Waals surface area contributed by atoms with Gasteiger partial charge in [0.05, 0.1) is 5.60 Å². The molecule has 7 heteroatoms. The number of nitrogens with one attached hydrogen (secondary N) is 2. The summed E-state index contributed by atoms with van der Waals surface area (Å²) in [5.41, 5.74) is -0.225. The predicted octanol–water partition coefficient (Wildman–Crippen LogP) is 0.606. The molecule has 0 atom stereocenters. The molecule has 23 heavy (non-hydrogen) atoms. The number of likely N-dealkylation sites (N-methyl/N-ethyl adjacent to an activating group) is 1. The summed E-state index contributed by atoms with van der Waals surface area (Å²) in [4.78, 5) is 17.7. The van der Waals surface area contributed by atoms with Crippen molar-refractivity contribution in [1.29, 1.82) is 0 Å². The van der Waals surface area contributed by atoms with Gasteiger partial charge in [-0.1, -0.05) is 13.3 Å². The molecule has 0 radical (unpaired) electrons. The summed E-state index contributed by atoms with van der Waals surface area (Å²) in [6.45, 7) is 5.19. The lowest BCUT2D eigenvalue weighted by Gasteiger charge is -2.36. The number of ether oxygens (including phenoxy) is 2. The lowest BCUT2D eigenvalue weighted by molar-refractivity contribution is -0.127. The van der Waals surface area contributed by atoms with Crippen LogP contribution in [-0.2, 0) is 14.3 Å². The van der Waals surface area contributed by atoms with Gasteiger partial charge in [0, 0.05) is 60.4 Å². The summed E-state index contributed by atoms with van der Waals surface area (Å²) < 4.78 is 11.1. The molecule has 2 N–H and O–H groups in total. The Morgan fingerprint density at radius 1 is 1.30 bits per heavy atom. The molecule has 0 saturated carbocycles. The van der Waals surface area contributed by atoms with Gasteiger partial charge < -0.3 is 25.0 Å². The second-order valence-electron chi connectivity index (χ2n) is 6.09. The highest BCUT2D eigenvalue weighted by atomic mass is 16.5. The van der Waals surface area contributed by atoms with E-state index in [4.69, 9.17) is 9.47 Å². The minimum atomic E-state index is -0.225. The number of amides is 1. The number of nitrogens with zero attached hydrogens (tertiary/aromatic N) is 2. The van der Waals surface area contributed by atoms with E-state index < -0.39 is 0 Å². The van der Waals surface area contributed by atoms with Crippen LogP contribution >= 0.6 is 0 Å². The standard InChI is InChI=1S/C16H32N4O3/c1-5-6-9-17-15(18-12-14(21)20(2)3)19-13-16(22-4)7-10-23-11-8-16/h5-13H2,1-4H3,(H2,17,18,19). The molecule has 0 aliphatic carbocycles. The second-order valence-corrected chi connectivity index (χ2v) is 6.09. The molecule has 134 valence electrons. The van der Waals surface area contributed by atoms with Crippen LogP contribution in [0.1, 0.15) is 32.6 Å². The van der Waals surface area contributed by atoms with Crippen molar-refractivity contribution in [3.63, 3.8) is 0 Å². The van der Waals surface area contributed by atoms with E-state index in [1.54, 1.807) is 26.1 Å². The molecule has 1 heterocycles. The van der Waals surface area contributed by atoms with Crippen LogP contribution in [-0.4, -0.2) is 76.4 Å². The first kappa shape index (κ1) is 19.7. The lowest BCUT2D eigenvalue weighted by Crippen LogP contribution is -2.51. The van der Waals surface area contributed by atoms with E-state index in [9.17, 15) is 4.79 Å². The number of unbranched alkanes of at least 4 members (excludes halogenated alkanes) is 1. The van der Waals surface area contributed by atoms with Gasteiger partial charge in [-0.3, -0.25) is 4.79 Å². The van der Waals surface area contributed by atoms with Crippen molar-refractivity contribution in [2.75, 3.05) is 54.1 Å². The van der Waals surface area contributed by atoms with Crippen molar-refractivity contribution in [2.24, 2.45) is 4.99 Å². The Bertz CT molecular complexity index is 380. The summed E-state index contributed by atoms with van der Waals surface area (Å²) >= 11 is 0. The van der Waals surface area contributed by atoms with E-state index in [2.05, 4.69) is 22.5 Å². The highest BCUT2D eigenvalue weighted by Crippen LogP contribution is 2.23. The van der Waals surface area contributed by atoms with Crippen LogP contribution in [0, 0.1) is 0 Å². The van der Waals surface area contributed by atoms with E-state index >= 15 is 0 Å². The number of methoxy groups -OCH3 is 1. The van der Waals surface area contributed by atoms with Crippen molar-refractivity contribution in [3.05, 3.63) is 0 Å². The summed E-state index contributed by atoms with van der Waals surface area (Å²) in [6.07, 6.45) is 3.88. The molecule has 1 fully saturated rings. The van der Waals surface area contributed by atoms with Crippen LogP contribution < -0.4 is 10.6 Å². The highest BCUT2D eigenvalue weighted by molar-refractivity contribution is 5.84. The topological polar surface area (TPSA) is 75.2 Å². The zero-order chi connectivity index (χ0) is 17.1. The average molecular weight is 328 g/mol. The highest BCUT2D eigenvalue weighted by Gasteiger charge is 2.32. The van der Waals surface area contributed by atoms with Crippen LogP contribution in [0.5, 0.6) is 0 Å². The van der Waals surface area contributed by atoms with E-state index in [1.165, 1.54) is 0 Å². The molecule has 0 aromatic rings. The van der Waals surface area contributed by atoms with Crippen LogP contribution in [0.2, 0.25) is 0 Å². The molecule has 0 unspecified atom stereocenters. The Morgan fingerprint density at radius 2 is 2.00 bits per heavy atom. The van der Waals surface area contributed by atoms with Crippen molar-refractivity contribution < 1.29 is 14.3 Å². The molecule has 1 aliphatic heterocycles. The van der Waals surface area contributed by atoms with Gasteiger partial charge in [0.15, 0.2) is 5.96 Å². The second kappa shape index (κ2) is 10.4. The molecular weight excluding hydrogens is 296 g/mol. The Kier molecular flexibility index (Phi) is 8.94. The fraction of sp³-hybridized carbons (Fsp3) is 0.875. The number of hydrogen-bond donors (Lipinski definition) is 2. The number of aliphatic imine (C=N–C) groups is 1. The number of rotatable bonds is 8. The maximum absolute atomic E-state index is 11.7. The third-order valence-corrected chi connectivity index (χ3v) is 4.11. The van der Waals surface area contributed by atoms with Crippen molar-refractivity contribution in [1.82, 2.24) is 15.5 Å². The SMILES string of the molecule is CCCCNC(=NCC(=O)N(C)C)NCC1(OC)CCOCC1. The number of carbonyl (C=O) groups excluding carboxylic acids is 1. The predicted molar refractivity (Wildman–Crippen MR) is 91.7 cm³/mol. The van der Waals surface area contributed by atoms with Crippen molar-refractivity contribution in [2.45, 2.75) is 38.2 Å². The molecule has 0 aromatic heterocycles. The summed E-state index contributed by atoms with van der Waals surface area (Å²) in [5, 5.41) is 6.60. The fourth-order valence-corrected chi connectivity index (χ4v) is 2.29. The molecule has 1 saturated heterocycles. The van der Waals surface area contributed by atoms with Gasteiger partial charge in [0.1, 0.15) is 6.54 Å². The third kappa shape index (κ3) is 7.18. The molecule has 0 bridgehead atoms. The minimum absolute atomic E-state index is 0.0193. The molecular formula is C16H32N4O3. The summed E-state index contributed by atoms with van der Waals surface area (Å²) in [7, 11) is 5.21. The zero-order valence-electron chi connectivity index (χ0n) is 15.0. The average Bonchev–Trinajstić information content (AvgIpc) is 2.57. The van der Waals surface area contributed by atoms with Crippen LogP contribution in [0.25, 0.3) is 0 Å². The largest absolute Gasteiger partial charge is 0.381 e. The van der Waals surface area contributed by atoms with Gasteiger partial charge in [-0.2, -0.15) is 0 Å². The Balaban J connectivity index is 2.59. The zero-order valence-corrected chi connectivity index (χ0v) is 15.0. The van der Waals surface area contributed by atoms with Crippen LogP contribution in [0.3, 0.4) is 0 Å². The number of guanidine groups is 1. The minimum Gasteiger partial charge on any atom is -0.381 e. The van der Waals surface area contributed by atoms with Crippen molar-refractivity contribution >= 4 is 11.9 Å². The number of hydrogen-bond acceptors (Lipinski definition) is 4. The van der Waals surface area contributed by atoms with Crippen LogP contribution in [0.4, 0.5) is 0 Å². The maximum Gasteiger partial charge on any atom is 0.243 e. The first-order chi connectivity index (χ1) is 11.0. The summed E-state index contributed by atoms with van der Waals surface area (Å²) in [5.74, 6) is 0.644. The van der Waals surface area contributed by atoms with E-state index in [0.29, 0.717) is 25.7 Å². The lowest BCUT2D eigenvalue weighted by atomic mass is 9.94.